The summed E-state index contributed by atoms with van der Waals surface area (Å²) in [5, 5.41) is 10.3. The minimum atomic E-state index is -0.924. The van der Waals surface area contributed by atoms with E-state index in [1.54, 1.807) is 48.5 Å². The Morgan fingerprint density at radius 1 is 1.10 bits per heavy atom. The number of halogens is 1. The summed E-state index contributed by atoms with van der Waals surface area (Å²) in [7, 11) is 2.39. The molecule has 0 aliphatic carbocycles. The molecule has 1 atom stereocenters. The zero-order valence-corrected chi connectivity index (χ0v) is 17.9. The maximum atomic E-state index is 13.0. The molecule has 7 nitrogen and oxygen atoms in total. The number of carbonyl (C=O) groups excluding carboxylic acids is 2. The number of nitrogens with zero attached hydrogens (tertiary/aromatic N) is 2. The van der Waals surface area contributed by atoms with Crippen LogP contribution in [0.15, 0.2) is 71.2 Å². The molecule has 0 saturated heterocycles. The van der Waals surface area contributed by atoms with Crippen molar-refractivity contribution in [1.29, 1.82) is 5.26 Å². The van der Waals surface area contributed by atoms with E-state index in [-0.39, 0.29) is 27.7 Å². The molecule has 0 saturated carbocycles. The Kier molecular flexibility index (Phi) is 6.33. The van der Waals surface area contributed by atoms with Gasteiger partial charge in [0.15, 0.2) is 0 Å². The number of rotatable bonds is 4. The van der Waals surface area contributed by atoms with Crippen molar-refractivity contribution in [3.05, 3.63) is 87.3 Å². The Hall–Kier alpha value is -3.76. The van der Waals surface area contributed by atoms with Gasteiger partial charge in [0, 0.05) is 0 Å². The number of hydrogen-bond acceptors (Lipinski definition) is 7. The topological polar surface area (TPSA) is 106 Å². The molecular weight excluding hydrogens is 418 g/mol. The number of nitrogens with two attached hydrogens (primary N) is 1. The van der Waals surface area contributed by atoms with Crippen LogP contribution in [0.2, 0.25) is 5.02 Å². The van der Waals surface area contributed by atoms with Gasteiger partial charge >= 0.3 is 11.9 Å². The van der Waals surface area contributed by atoms with Crippen LogP contribution in [-0.2, 0) is 19.1 Å². The molecule has 1 aliphatic heterocycles. The van der Waals surface area contributed by atoms with Crippen molar-refractivity contribution in [2.24, 2.45) is 5.73 Å². The molecular formula is C23H20ClN3O4. The maximum Gasteiger partial charge on any atom is 0.355 e. The smallest absolute Gasteiger partial charge is 0.355 e. The van der Waals surface area contributed by atoms with E-state index in [0.29, 0.717) is 11.3 Å². The molecule has 0 aromatic heterocycles. The summed E-state index contributed by atoms with van der Waals surface area (Å²) in [4.78, 5) is 27.2. The molecule has 1 aliphatic rings. The van der Waals surface area contributed by atoms with Crippen molar-refractivity contribution in [3.63, 3.8) is 0 Å². The van der Waals surface area contributed by atoms with Crippen molar-refractivity contribution >= 4 is 29.2 Å². The largest absolute Gasteiger partial charge is 0.466 e. The van der Waals surface area contributed by atoms with Crippen molar-refractivity contribution < 1.29 is 19.1 Å². The third-order valence-electron chi connectivity index (χ3n) is 4.95. The second-order valence-corrected chi connectivity index (χ2v) is 7.20. The number of esters is 2. The number of carbonyl (C=O) groups is 2. The molecule has 3 rings (SSSR count). The first-order valence-corrected chi connectivity index (χ1v) is 9.65. The van der Waals surface area contributed by atoms with E-state index in [1.807, 2.05) is 6.92 Å². The standard InChI is InChI=1S/C23H20ClN3O4/c1-13-9-10-16(24)17(11-13)27-20(23(29)31-3)19(22(28)30-2)18(15(12-25)21(27)26)14-7-5-4-6-8-14/h4-11,18H,26H2,1-3H3. The highest BCUT2D eigenvalue weighted by Crippen LogP contribution is 2.44. The van der Waals surface area contributed by atoms with E-state index in [2.05, 4.69) is 6.07 Å². The van der Waals surface area contributed by atoms with Crippen molar-refractivity contribution in [2.45, 2.75) is 12.8 Å². The Labute approximate surface area is 184 Å². The lowest BCUT2D eigenvalue weighted by atomic mass is 9.81. The van der Waals surface area contributed by atoms with Crippen molar-refractivity contribution in [1.82, 2.24) is 0 Å². The Bertz CT molecular complexity index is 1150. The fourth-order valence-corrected chi connectivity index (χ4v) is 3.76. The van der Waals surface area contributed by atoms with E-state index in [4.69, 9.17) is 26.8 Å². The lowest BCUT2D eigenvalue weighted by molar-refractivity contribution is -0.139. The fraction of sp³-hybridized carbons (Fsp3) is 0.174. The van der Waals surface area contributed by atoms with Crippen LogP contribution in [0, 0.1) is 18.3 Å². The van der Waals surface area contributed by atoms with Gasteiger partial charge in [-0.05, 0) is 30.2 Å². The average molecular weight is 438 g/mol. The second kappa shape index (κ2) is 8.94. The molecule has 0 spiro atoms. The van der Waals surface area contributed by atoms with Gasteiger partial charge in [-0.15, -0.1) is 0 Å². The average Bonchev–Trinajstić information content (AvgIpc) is 2.79. The zero-order valence-electron chi connectivity index (χ0n) is 17.2. The van der Waals surface area contributed by atoms with Gasteiger partial charge in [-0.25, -0.2) is 9.59 Å². The second-order valence-electron chi connectivity index (χ2n) is 6.79. The summed E-state index contributed by atoms with van der Waals surface area (Å²) in [6, 6.07) is 16.0. The molecule has 0 bridgehead atoms. The summed E-state index contributed by atoms with van der Waals surface area (Å²) in [5.74, 6) is -2.56. The molecule has 0 radical (unpaired) electrons. The maximum absolute atomic E-state index is 13.0. The monoisotopic (exact) mass is 437 g/mol. The molecule has 1 heterocycles. The minimum Gasteiger partial charge on any atom is -0.466 e. The molecule has 1 unspecified atom stereocenters. The molecule has 31 heavy (non-hydrogen) atoms. The van der Waals surface area contributed by atoms with Gasteiger partial charge in [0.05, 0.1) is 48.1 Å². The summed E-state index contributed by atoms with van der Waals surface area (Å²) in [6.07, 6.45) is 0. The first-order valence-electron chi connectivity index (χ1n) is 9.27. The molecule has 2 aromatic rings. The summed E-state index contributed by atoms with van der Waals surface area (Å²) in [5.41, 5.74) is 8.05. The van der Waals surface area contributed by atoms with Crippen molar-refractivity contribution in [2.75, 3.05) is 19.1 Å². The predicted octanol–water partition coefficient (Wildman–Crippen LogP) is 3.55. The number of ether oxygens (including phenoxy) is 2. The van der Waals surface area contributed by atoms with Gasteiger partial charge in [0.25, 0.3) is 0 Å². The van der Waals surface area contributed by atoms with Crippen LogP contribution in [0.4, 0.5) is 5.69 Å². The number of allylic oxidation sites excluding steroid dienone is 1. The first kappa shape index (κ1) is 21.9. The van der Waals surface area contributed by atoms with Crippen molar-refractivity contribution in [3.8, 4) is 6.07 Å². The summed E-state index contributed by atoms with van der Waals surface area (Å²) < 4.78 is 9.98. The van der Waals surface area contributed by atoms with E-state index in [0.717, 1.165) is 5.56 Å². The normalized spacial score (nSPS) is 16.1. The van der Waals surface area contributed by atoms with Crippen LogP contribution in [0.1, 0.15) is 17.0 Å². The SMILES string of the molecule is COC(=O)C1=C(C(=O)OC)N(c2cc(C)ccc2Cl)C(N)=C(C#N)C1c1ccccc1. The van der Waals surface area contributed by atoms with Gasteiger partial charge in [-0.2, -0.15) is 5.26 Å². The van der Waals surface area contributed by atoms with Crippen LogP contribution < -0.4 is 10.6 Å². The van der Waals surface area contributed by atoms with Gasteiger partial charge < -0.3 is 15.2 Å². The first-order chi connectivity index (χ1) is 14.8. The van der Waals surface area contributed by atoms with Gasteiger partial charge in [0.2, 0.25) is 0 Å². The van der Waals surface area contributed by atoms with Crippen LogP contribution in [0.5, 0.6) is 0 Å². The van der Waals surface area contributed by atoms with E-state index in [9.17, 15) is 14.9 Å². The molecule has 8 heteroatoms. The van der Waals surface area contributed by atoms with Crippen LogP contribution in [0.3, 0.4) is 0 Å². The van der Waals surface area contributed by atoms with E-state index in [1.165, 1.54) is 19.1 Å². The molecule has 0 amide bonds. The van der Waals surface area contributed by atoms with E-state index < -0.39 is 17.9 Å². The minimum absolute atomic E-state index is 0.0306. The number of aryl methyl sites for hydroxylation is 1. The number of anilines is 1. The van der Waals surface area contributed by atoms with Gasteiger partial charge in [-0.3, -0.25) is 4.90 Å². The Morgan fingerprint density at radius 3 is 2.32 bits per heavy atom. The lowest BCUT2D eigenvalue weighted by Crippen LogP contribution is -2.41. The zero-order chi connectivity index (χ0) is 22.7. The summed E-state index contributed by atoms with van der Waals surface area (Å²) in [6.45, 7) is 1.84. The summed E-state index contributed by atoms with van der Waals surface area (Å²) >= 11 is 6.42. The highest BCUT2D eigenvalue weighted by atomic mass is 35.5. The van der Waals surface area contributed by atoms with Gasteiger partial charge in [0.1, 0.15) is 11.5 Å². The number of methoxy groups -OCH3 is 2. The van der Waals surface area contributed by atoms with Crippen LogP contribution in [-0.4, -0.2) is 26.2 Å². The Morgan fingerprint density at radius 2 is 1.74 bits per heavy atom. The molecule has 158 valence electrons. The third kappa shape index (κ3) is 3.86. The molecule has 0 fully saturated rings. The lowest BCUT2D eigenvalue weighted by Gasteiger charge is -2.36. The highest BCUT2D eigenvalue weighted by Gasteiger charge is 2.43. The molecule has 2 aromatic carbocycles. The highest BCUT2D eigenvalue weighted by molar-refractivity contribution is 6.33. The number of nitriles is 1. The Balaban J connectivity index is 2.45. The van der Waals surface area contributed by atoms with Gasteiger partial charge in [-0.1, -0.05) is 48.0 Å². The van der Waals surface area contributed by atoms with Crippen LogP contribution >= 0.6 is 11.6 Å². The molecule has 2 N–H and O–H groups in total. The van der Waals surface area contributed by atoms with Crippen LogP contribution in [0.25, 0.3) is 0 Å². The van der Waals surface area contributed by atoms with E-state index >= 15 is 0 Å². The number of benzene rings is 2. The quantitative estimate of drug-likeness (QED) is 0.729. The predicted molar refractivity (Wildman–Crippen MR) is 116 cm³/mol. The third-order valence-corrected chi connectivity index (χ3v) is 5.27. The number of hydrogen-bond donors (Lipinski definition) is 1. The fourth-order valence-electron chi connectivity index (χ4n) is 3.56.